The van der Waals surface area contributed by atoms with E-state index >= 15 is 0 Å². The Hall–Kier alpha value is -1.14. The van der Waals surface area contributed by atoms with E-state index in [1.807, 2.05) is 13.8 Å². The summed E-state index contributed by atoms with van der Waals surface area (Å²) in [5, 5.41) is 9.06. The Morgan fingerprint density at radius 2 is 2.07 bits per heavy atom. The molecule has 0 N–H and O–H groups in total. The summed E-state index contributed by atoms with van der Waals surface area (Å²) in [5.41, 5.74) is 1.64. The minimum atomic E-state index is 0.262. The largest absolute Gasteiger partial charge is 0.238 e. The molecule has 0 aliphatic carbocycles. The molecule has 0 bridgehead atoms. The molecule has 0 atom stereocenters. The van der Waals surface area contributed by atoms with Crippen molar-refractivity contribution in [2.75, 3.05) is 0 Å². The second-order valence-corrected chi connectivity index (χ2v) is 3.77. The molecule has 1 heterocycles. The molecule has 0 aliphatic heterocycles. The van der Waals surface area contributed by atoms with Crippen LogP contribution in [-0.2, 0) is 6.42 Å². The van der Waals surface area contributed by atoms with Crippen molar-refractivity contribution in [1.82, 2.24) is 9.97 Å². The average Bonchev–Trinajstić information content (AvgIpc) is 2.09. The van der Waals surface area contributed by atoms with E-state index in [-0.39, 0.29) is 12.3 Å². The van der Waals surface area contributed by atoms with Crippen LogP contribution in [0.15, 0.2) is 0 Å². The van der Waals surface area contributed by atoms with Crippen molar-refractivity contribution in [3.63, 3.8) is 0 Å². The Labute approximate surface area is 88.8 Å². The summed E-state index contributed by atoms with van der Waals surface area (Å²) in [6.07, 6.45) is 0.270. The van der Waals surface area contributed by atoms with Crippen molar-refractivity contribution in [3.05, 3.63) is 22.2 Å². The summed E-state index contributed by atoms with van der Waals surface area (Å²) in [6.45, 7) is 5.85. The number of aryl methyl sites for hydroxylation is 1. The quantitative estimate of drug-likeness (QED) is 0.704. The lowest BCUT2D eigenvalue weighted by atomic mass is 10.0. The van der Waals surface area contributed by atoms with Crippen LogP contribution in [0.3, 0.4) is 0 Å². The first-order valence-electron chi connectivity index (χ1n) is 4.46. The molecule has 0 radical (unpaired) electrons. The van der Waals surface area contributed by atoms with Gasteiger partial charge in [0.2, 0.25) is 0 Å². The maximum absolute atomic E-state index is 8.66. The highest BCUT2D eigenvalue weighted by Gasteiger charge is 2.13. The summed E-state index contributed by atoms with van der Waals surface area (Å²) in [4.78, 5) is 8.34. The van der Waals surface area contributed by atoms with Gasteiger partial charge in [-0.15, -0.1) is 0 Å². The summed E-state index contributed by atoms with van der Waals surface area (Å²) < 4.78 is 0. The molecule has 0 amide bonds. The number of rotatable bonds is 2. The number of nitrogens with zero attached hydrogens (tertiary/aromatic N) is 3. The minimum Gasteiger partial charge on any atom is -0.238 e. The molecular formula is C10H12ClN3. The first-order chi connectivity index (χ1) is 6.56. The average molecular weight is 210 g/mol. The molecule has 0 unspecified atom stereocenters. The van der Waals surface area contributed by atoms with Gasteiger partial charge in [-0.1, -0.05) is 25.4 Å². The zero-order valence-electron chi connectivity index (χ0n) is 8.50. The predicted octanol–water partition coefficient (Wildman–Crippen LogP) is 2.63. The maximum atomic E-state index is 8.66. The fourth-order valence-electron chi connectivity index (χ4n) is 1.30. The molecule has 0 aliphatic rings. The zero-order chi connectivity index (χ0) is 10.7. The molecular weight excluding hydrogens is 198 g/mol. The van der Waals surface area contributed by atoms with Crippen LogP contribution < -0.4 is 0 Å². The van der Waals surface area contributed by atoms with Crippen molar-refractivity contribution in [1.29, 1.82) is 5.26 Å². The summed E-state index contributed by atoms with van der Waals surface area (Å²) in [6, 6.07) is 2.08. The predicted molar refractivity (Wildman–Crippen MR) is 55.2 cm³/mol. The Balaban J connectivity index is 3.30. The maximum Gasteiger partial charge on any atom is 0.137 e. The number of hydrogen-bond donors (Lipinski definition) is 0. The zero-order valence-corrected chi connectivity index (χ0v) is 9.26. The Morgan fingerprint density at radius 3 is 2.57 bits per heavy atom. The van der Waals surface area contributed by atoms with Crippen LogP contribution in [0, 0.1) is 18.3 Å². The second kappa shape index (κ2) is 4.39. The van der Waals surface area contributed by atoms with E-state index in [9.17, 15) is 0 Å². The van der Waals surface area contributed by atoms with Crippen LogP contribution in [0.1, 0.15) is 36.8 Å². The lowest BCUT2D eigenvalue weighted by Gasteiger charge is -2.11. The molecule has 74 valence electrons. The Morgan fingerprint density at radius 1 is 1.43 bits per heavy atom. The minimum absolute atomic E-state index is 0.262. The van der Waals surface area contributed by atoms with E-state index in [4.69, 9.17) is 16.9 Å². The Kier molecular flexibility index (Phi) is 3.43. The van der Waals surface area contributed by atoms with E-state index in [1.165, 1.54) is 0 Å². The van der Waals surface area contributed by atoms with Gasteiger partial charge in [-0.3, -0.25) is 0 Å². The van der Waals surface area contributed by atoms with Gasteiger partial charge in [-0.05, 0) is 12.8 Å². The van der Waals surface area contributed by atoms with Crippen molar-refractivity contribution < 1.29 is 0 Å². The highest BCUT2D eigenvalue weighted by atomic mass is 35.5. The van der Waals surface area contributed by atoms with E-state index in [0.29, 0.717) is 11.0 Å². The third-order valence-electron chi connectivity index (χ3n) is 1.90. The van der Waals surface area contributed by atoms with Gasteiger partial charge < -0.3 is 0 Å². The van der Waals surface area contributed by atoms with Gasteiger partial charge >= 0.3 is 0 Å². The van der Waals surface area contributed by atoms with Crippen LogP contribution in [0.5, 0.6) is 0 Å². The van der Waals surface area contributed by atoms with Gasteiger partial charge in [0.1, 0.15) is 11.0 Å². The SMILES string of the molecule is Cc1nc(Cl)c(CC#N)c(C(C)C)n1. The van der Waals surface area contributed by atoms with Gasteiger partial charge in [-0.25, -0.2) is 9.97 Å². The molecule has 0 saturated heterocycles. The molecule has 3 nitrogen and oxygen atoms in total. The monoisotopic (exact) mass is 209 g/mol. The van der Waals surface area contributed by atoms with Gasteiger partial charge in [0.25, 0.3) is 0 Å². The molecule has 1 aromatic heterocycles. The Bertz CT molecular complexity index is 380. The number of hydrogen-bond acceptors (Lipinski definition) is 3. The van der Waals surface area contributed by atoms with E-state index in [0.717, 1.165) is 11.3 Å². The van der Waals surface area contributed by atoms with E-state index in [1.54, 1.807) is 6.92 Å². The van der Waals surface area contributed by atoms with Crippen molar-refractivity contribution in [2.45, 2.75) is 33.1 Å². The topological polar surface area (TPSA) is 49.6 Å². The van der Waals surface area contributed by atoms with Gasteiger partial charge in [-0.2, -0.15) is 5.26 Å². The van der Waals surface area contributed by atoms with Crippen LogP contribution in [0.2, 0.25) is 5.15 Å². The van der Waals surface area contributed by atoms with Crippen LogP contribution in [0.25, 0.3) is 0 Å². The fraction of sp³-hybridized carbons (Fsp3) is 0.500. The molecule has 14 heavy (non-hydrogen) atoms. The van der Waals surface area contributed by atoms with E-state index in [2.05, 4.69) is 16.0 Å². The molecule has 0 fully saturated rings. The molecule has 0 spiro atoms. The van der Waals surface area contributed by atoms with Crippen molar-refractivity contribution >= 4 is 11.6 Å². The van der Waals surface area contributed by atoms with Crippen LogP contribution >= 0.6 is 11.6 Å². The molecule has 0 aromatic carbocycles. The molecule has 1 rings (SSSR count). The standard InChI is InChI=1S/C10H12ClN3/c1-6(2)9-8(4-5-12)10(11)14-7(3)13-9/h6H,4H2,1-3H3. The highest BCUT2D eigenvalue weighted by Crippen LogP contribution is 2.23. The van der Waals surface area contributed by atoms with Gasteiger partial charge in [0, 0.05) is 5.56 Å². The third kappa shape index (κ3) is 2.21. The molecule has 1 aromatic rings. The first-order valence-corrected chi connectivity index (χ1v) is 4.84. The molecule has 0 saturated carbocycles. The highest BCUT2D eigenvalue weighted by molar-refractivity contribution is 6.30. The number of halogens is 1. The van der Waals surface area contributed by atoms with Crippen LogP contribution in [0.4, 0.5) is 0 Å². The van der Waals surface area contributed by atoms with Gasteiger partial charge in [0.05, 0.1) is 18.2 Å². The van der Waals surface area contributed by atoms with Crippen molar-refractivity contribution in [3.8, 4) is 6.07 Å². The summed E-state index contributed by atoms with van der Waals surface area (Å²) in [5.74, 6) is 0.915. The van der Waals surface area contributed by atoms with E-state index < -0.39 is 0 Å². The smallest absolute Gasteiger partial charge is 0.137 e. The van der Waals surface area contributed by atoms with Crippen molar-refractivity contribution in [2.24, 2.45) is 0 Å². The number of aromatic nitrogens is 2. The fourth-order valence-corrected chi connectivity index (χ4v) is 1.59. The number of nitriles is 1. The third-order valence-corrected chi connectivity index (χ3v) is 2.22. The second-order valence-electron chi connectivity index (χ2n) is 3.42. The summed E-state index contributed by atoms with van der Waals surface area (Å²) >= 11 is 5.96. The van der Waals surface area contributed by atoms with Crippen LogP contribution in [-0.4, -0.2) is 9.97 Å². The lowest BCUT2D eigenvalue weighted by molar-refractivity contribution is 0.783. The summed E-state index contributed by atoms with van der Waals surface area (Å²) in [7, 11) is 0. The normalized spacial score (nSPS) is 10.3. The lowest BCUT2D eigenvalue weighted by Crippen LogP contribution is -2.04. The van der Waals surface area contributed by atoms with Gasteiger partial charge in [0.15, 0.2) is 0 Å². The first kappa shape index (κ1) is 10.9. The molecule has 4 heteroatoms.